The van der Waals surface area contributed by atoms with Gasteiger partial charge in [-0.15, -0.1) is 0 Å². The third kappa shape index (κ3) is 4.11. The van der Waals surface area contributed by atoms with E-state index < -0.39 is 40.2 Å². The molecule has 2 heterocycles. The van der Waals surface area contributed by atoms with Crippen LogP contribution in [0.2, 0.25) is 0 Å². The van der Waals surface area contributed by atoms with Gasteiger partial charge in [-0.05, 0) is 24.3 Å². The fourth-order valence-corrected chi connectivity index (χ4v) is 3.25. The highest BCUT2D eigenvalue weighted by Gasteiger charge is 2.52. The summed E-state index contributed by atoms with van der Waals surface area (Å²) in [6, 6.07) is 11.2. The minimum atomic E-state index is -4.80. The number of benzene rings is 1. The predicted octanol–water partition coefficient (Wildman–Crippen LogP) is 0.200. The molecule has 0 bridgehead atoms. The number of hydrogen-bond acceptors (Lipinski definition) is 8. The van der Waals surface area contributed by atoms with Gasteiger partial charge in [-0.2, -0.15) is 8.42 Å². The monoisotopic (exact) mass is 383 g/mol. The van der Waals surface area contributed by atoms with Gasteiger partial charge in [0.05, 0.1) is 0 Å². The summed E-state index contributed by atoms with van der Waals surface area (Å²) >= 11 is 0. The van der Waals surface area contributed by atoms with E-state index in [-0.39, 0.29) is 5.75 Å². The van der Waals surface area contributed by atoms with Crippen LogP contribution in [0, 0.1) is 0 Å². The number of para-hydroxylation sites is 1. The molecular formula is C16H17NO8S. The quantitative estimate of drug-likeness (QED) is 0.619. The van der Waals surface area contributed by atoms with E-state index in [1.807, 2.05) is 0 Å². The van der Waals surface area contributed by atoms with Gasteiger partial charge in [-0.1, -0.05) is 18.2 Å². The maximum Gasteiger partial charge on any atom is 0.295 e. The first-order valence-electron chi connectivity index (χ1n) is 7.62. The van der Waals surface area contributed by atoms with Crippen molar-refractivity contribution < 1.29 is 37.4 Å². The predicted molar refractivity (Wildman–Crippen MR) is 87.9 cm³/mol. The van der Waals surface area contributed by atoms with Crippen molar-refractivity contribution in [3.63, 3.8) is 0 Å². The van der Waals surface area contributed by atoms with Crippen LogP contribution in [0.25, 0.3) is 0 Å². The molecule has 9 nitrogen and oxygen atoms in total. The number of ether oxygens (including phenoxy) is 3. The van der Waals surface area contributed by atoms with Crippen LogP contribution in [0.15, 0.2) is 54.9 Å². The highest BCUT2D eigenvalue weighted by Crippen LogP contribution is 2.29. The van der Waals surface area contributed by atoms with Crippen molar-refractivity contribution >= 4 is 10.1 Å². The second-order valence-corrected chi connectivity index (χ2v) is 7.06. The smallest absolute Gasteiger partial charge is 0.295 e. The molecule has 1 unspecified atom stereocenters. The van der Waals surface area contributed by atoms with E-state index in [4.69, 9.17) is 14.2 Å². The van der Waals surface area contributed by atoms with Crippen molar-refractivity contribution in [3.8, 4) is 11.5 Å². The molecule has 0 saturated carbocycles. The molecule has 1 fully saturated rings. The van der Waals surface area contributed by atoms with Gasteiger partial charge in [0, 0.05) is 12.4 Å². The normalized spacial score (nSPS) is 29.1. The molecule has 26 heavy (non-hydrogen) atoms. The van der Waals surface area contributed by atoms with Crippen LogP contribution in [0.5, 0.6) is 11.5 Å². The first-order chi connectivity index (χ1) is 12.4. The Morgan fingerprint density at radius 2 is 1.54 bits per heavy atom. The van der Waals surface area contributed by atoms with Gasteiger partial charge in [-0.25, -0.2) is 0 Å². The fourth-order valence-electron chi connectivity index (χ4n) is 2.50. The van der Waals surface area contributed by atoms with E-state index in [1.54, 1.807) is 30.3 Å². The highest BCUT2D eigenvalue weighted by molar-refractivity contribution is 7.86. The summed E-state index contributed by atoms with van der Waals surface area (Å²) in [6.45, 7) is 0. The molecule has 5 atom stereocenters. The van der Waals surface area contributed by atoms with Crippen molar-refractivity contribution in [1.82, 2.24) is 4.98 Å². The number of hydrogen-bond donors (Lipinski definition) is 3. The Balaban J connectivity index is 1.88. The van der Waals surface area contributed by atoms with E-state index in [0.717, 1.165) is 0 Å². The molecule has 1 saturated heterocycles. The summed E-state index contributed by atoms with van der Waals surface area (Å²) in [4.78, 5) is 3.81. The van der Waals surface area contributed by atoms with Crippen molar-refractivity contribution in [2.24, 2.45) is 0 Å². The second-order valence-electron chi connectivity index (χ2n) is 5.57. The summed E-state index contributed by atoms with van der Waals surface area (Å²) in [5.41, 5.74) is -2.05. The Labute approximate surface area is 149 Å². The number of aromatic nitrogens is 1. The molecular weight excluding hydrogens is 366 g/mol. The fraction of sp³-hybridized carbons (Fsp3) is 0.312. The van der Waals surface area contributed by atoms with Crippen LogP contribution in [-0.2, 0) is 14.9 Å². The largest absolute Gasteiger partial charge is 0.484 e. The molecule has 140 valence electrons. The number of aliphatic hydroxyl groups excluding tert-OH is 2. The number of nitrogens with zero attached hydrogens (tertiary/aromatic N) is 1. The van der Waals surface area contributed by atoms with E-state index in [9.17, 15) is 23.2 Å². The zero-order chi connectivity index (χ0) is 18.7. The highest BCUT2D eigenvalue weighted by atomic mass is 32.2. The third-order valence-electron chi connectivity index (χ3n) is 3.71. The van der Waals surface area contributed by atoms with Gasteiger partial charge in [0.25, 0.3) is 10.1 Å². The van der Waals surface area contributed by atoms with Crippen molar-refractivity contribution in [3.05, 3.63) is 54.9 Å². The molecule has 0 amide bonds. The Kier molecular flexibility index (Phi) is 5.39. The van der Waals surface area contributed by atoms with Gasteiger partial charge in [0.15, 0.2) is 12.2 Å². The molecule has 3 rings (SSSR count). The summed E-state index contributed by atoms with van der Waals surface area (Å²) in [5, 5.41) is 20.7. The summed E-state index contributed by atoms with van der Waals surface area (Å²) in [6.07, 6.45) is -3.50. The minimum Gasteiger partial charge on any atom is -0.484 e. The van der Waals surface area contributed by atoms with E-state index >= 15 is 0 Å². The van der Waals surface area contributed by atoms with E-state index in [0.29, 0.717) is 5.75 Å². The molecule has 1 aliphatic rings. The van der Waals surface area contributed by atoms with Crippen LogP contribution in [0.4, 0.5) is 0 Å². The van der Waals surface area contributed by atoms with Crippen LogP contribution in [0.3, 0.4) is 0 Å². The van der Waals surface area contributed by atoms with Gasteiger partial charge >= 0.3 is 0 Å². The lowest BCUT2D eigenvalue weighted by molar-refractivity contribution is -0.248. The number of aliphatic hydroxyl groups is 2. The maximum absolute atomic E-state index is 11.6. The number of rotatable bonds is 5. The summed E-state index contributed by atoms with van der Waals surface area (Å²) in [5.74, 6) is 0.530. The van der Waals surface area contributed by atoms with Crippen LogP contribution in [0.1, 0.15) is 0 Å². The first kappa shape index (κ1) is 18.5. The topological polar surface area (TPSA) is 135 Å². The lowest BCUT2D eigenvalue weighted by Gasteiger charge is -2.40. The Morgan fingerprint density at radius 3 is 2.15 bits per heavy atom. The van der Waals surface area contributed by atoms with Gasteiger partial charge in [0.1, 0.15) is 17.6 Å². The van der Waals surface area contributed by atoms with E-state index in [2.05, 4.69) is 4.98 Å². The zero-order valence-corrected chi connectivity index (χ0v) is 14.1. The molecule has 3 N–H and O–H groups in total. The molecule has 0 radical (unpaired) electrons. The average Bonchev–Trinajstić information content (AvgIpc) is 2.62. The molecule has 10 heteroatoms. The zero-order valence-electron chi connectivity index (χ0n) is 13.3. The van der Waals surface area contributed by atoms with Gasteiger partial charge in [-0.3, -0.25) is 9.54 Å². The molecule has 1 aromatic heterocycles. The van der Waals surface area contributed by atoms with Crippen LogP contribution >= 0.6 is 0 Å². The molecule has 0 aliphatic carbocycles. The van der Waals surface area contributed by atoms with Crippen LogP contribution in [-0.4, -0.2) is 58.2 Å². The lowest BCUT2D eigenvalue weighted by atomic mass is 10.0. The molecule has 1 aliphatic heterocycles. The van der Waals surface area contributed by atoms with Crippen molar-refractivity contribution in [2.75, 3.05) is 0 Å². The third-order valence-corrected chi connectivity index (χ3v) is 4.69. The maximum atomic E-state index is 11.6. The van der Waals surface area contributed by atoms with Crippen molar-refractivity contribution in [2.45, 2.75) is 30.0 Å². The van der Waals surface area contributed by atoms with Crippen molar-refractivity contribution in [1.29, 1.82) is 0 Å². The molecule has 1 aromatic carbocycles. The Morgan fingerprint density at radius 1 is 0.923 bits per heavy atom. The SMILES string of the molecule is O=S(=O)(O)C1O[C@@H](Oc2ccccc2)[C@H](O)[C@@H](Oc2ccncc2)[C@@H]1O. The van der Waals surface area contributed by atoms with Gasteiger partial charge < -0.3 is 24.4 Å². The Bertz CT molecular complexity index is 817. The molecule has 0 spiro atoms. The summed E-state index contributed by atoms with van der Waals surface area (Å²) < 4.78 is 48.5. The average molecular weight is 383 g/mol. The second kappa shape index (κ2) is 7.56. The lowest BCUT2D eigenvalue weighted by Crippen LogP contribution is -2.62. The Hall–Kier alpha value is -2.24. The first-order valence-corrected chi connectivity index (χ1v) is 9.13. The van der Waals surface area contributed by atoms with E-state index in [1.165, 1.54) is 24.5 Å². The number of pyridine rings is 1. The minimum absolute atomic E-state index is 0.234. The molecule has 2 aromatic rings. The van der Waals surface area contributed by atoms with Gasteiger partial charge in [0.2, 0.25) is 11.7 Å². The standard InChI is InChI=1S/C16H17NO8S/c18-12-14(23-11-6-8-17-9-7-11)13(19)16(26(20,21)22)25-15(12)24-10-4-2-1-3-5-10/h1-9,12-16,18-19H,(H,20,21,22)/t12-,13+,14-,15-,16?/m1/s1. The van der Waals surface area contributed by atoms with Crippen LogP contribution < -0.4 is 9.47 Å². The summed E-state index contributed by atoms with van der Waals surface area (Å²) in [7, 11) is -4.80.